The molecule has 74 valence electrons. The van der Waals surface area contributed by atoms with Crippen LogP contribution in [-0.4, -0.2) is 32.0 Å². The first-order valence-electron chi connectivity index (χ1n) is 4.55. The van der Waals surface area contributed by atoms with Gasteiger partial charge in [0.25, 0.3) is 5.95 Å². The number of carbonyl (C=O) groups is 1. The van der Waals surface area contributed by atoms with Crippen LogP contribution in [0.25, 0.3) is 0 Å². The number of esters is 1. The molecule has 4 unspecified atom stereocenters. The van der Waals surface area contributed by atoms with Crippen molar-refractivity contribution in [3.05, 3.63) is 12.5 Å². The van der Waals surface area contributed by atoms with Crippen molar-refractivity contribution in [3.8, 4) is 0 Å². The summed E-state index contributed by atoms with van der Waals surface area (Å²) in [4.78, 5) is 11.0. The summed E-state index contributed by atoms with van der Waals surface area (Å²) < 4.78 is 15.4. The van der Waals surface area contributed by atoms with Crippen molar-refractivity contribution in [3.63, 3.8) is 0 Å². The summed E-state index contributed by atoms with van der Waals surface area (Å²) >= 11 is 0. The molecule has 0 aromatic rings. The van der Waals surface area contributed by atoms with Crippen molar-refractivity contribution in [1.82, 2.24) is 0 Å². The zero-order valence-electron chi connectivity index (χ0n) is 7.93. The van der Waals surface area contributed by atoms with Crippen LogP contribution in [0.1, 0.15) is 13.3 Å². The van der Waals surface area contributed by atoms with Gasteiger partial charge in [-0.1, -0.05) is 0 Å². The molecule has 2 saturated heterocycles. The van der Waals surface area contributed by atoms with Crippen LogP contribution in [0.3, 0.4) is 0 Å². The zero-order valence-corrected chi connectivity index (χ0v) is 7.93. The maximum absolute atomic E-state index is 11.0. The van der Waals surface area contributed by atoms with Gasteiger partial charge in [0.05, 0.1) is 12.4 Å². The first kappa shape index (κ1) is 9.43. The van der Waals surface area contributed by atoms with E-state index in [9.17, 15) is 4.79 Å². The molecular weight excluding hydrogens is 183 g/mol. The van der Waals surface area contributed by atoms with Gasteiger partial charge in [-0.15, -0.1) is 0 Å². The summed E-state index contributed by atoms with van der Waals surface area (Å²) in [6, 6.07) is -0.593. The number of carbonyl (C=O) groups excluding carboxylic acids is 1. The van der Waals surface area contributed by atoms with E-state index in [0.717, 1.165) is 0 Å². The Kier molecular flexibility index (Phi) is 2.17. The highest BCUT2D eigenvalue weighted by Crippen LogP contribution is 2.33. The molecule has 0 aromatic carbocycles. The molecule has 2 aliphatic heterocycles. The second-order valence-electron chi connectivity index (χ2n) is 3.60. The summed E-state index contributed by atoms with van der Waals surface area (Å²) in [7, 11) is 5.65. The number of ether oxygens (including phenoxy) is 3. The molecule has 0 bridgehead atoms. The highest BCUT2D eigenvalue weighted by molar-refractivity contribution is 6.12. The Morgan fingerprint density at radius 1 is 1.43 bits per heavy atom. The van der Waals surface area contributed by atoms with E-state index in [-0.39, 0.29) is 36.5 Å². The molecule has 5 heteroatoms. The summed E-state index contributed by atoms with van der Waals surface area (Å²) in [6.07, 6.45) is -0.0794. The molecule has 14 heavy (non-hydrogen) atoms. The minimum atomic E-state index is -0.593. The smallest absolute Gasteiger partial charge is 0.305 e. The molecule has 0 saturated carbocycles. The first-order chi connectivity index (χ1) is 6.58. The fraction of sp³-hybridized carbons (Fsp3) is 0.667. The Balaban J connectivity index is 2.08. The molecule has 0 spiro atoms. The molecule has 0 aliphatic carbocycles. The van der Waals surface area contributed by atoms with Crippen LogP contribution < -0.4 is 0 Å². The lowest BCUT2D eigenvalue weighted by Gasteiger charge is -2.20. The van der Waals surface area contributed by atoms with Gasteiger partial charge in [-0.3, -0.25) is 4.79 Å². The molecule has 2 fully saturated rings. The van der Waals surface area contributed by atoms with Crippen LogP contribution in [0.2, 0.25) is 0 Å². The Morgan fingerprint density at radius 3 is 2.57 bits per heavy atom. The van der Waals surface area contributed by atoms with Gasteiger partial charge in [-0.05, 0) is 13.5 Å². The van der Waals surface area contributed by atoms with E-state index in [1.165, 1.54) is 0 Å². The maximum Gasteiger partial charge on any atom is 0.305 e. The van der Waals surface area contributed by atoms with Crippen molar-refractivity contribution >= 4 is 13.8 Å². The maximum atomic E-state index is 11.0. The minimum absolute atomic E-state index is 0.131. The zero-order chi connectivity index (χ0) is 10.3. The normalized spacial score (nSPS) is 41.8. The predicted octanol–water partition coefficient (Wildman–Crippen LogP) is 0.319. The van der Waals surface area contributed by atoms with Crippen LogP contribution >= 0.6 is 0 Å². The average Bonchev–Trinajstić information content (AvgIpc) is 2.55. The Morgan fingerprint density at radius 2 is 2.14 bits per heavy atom. The Hall–Kier alpha value is -1.13. The Labute approximate surface area is 83.6 Å². The van der Waals surface area contributed by atoms with E-state index in [0.29, 0.717) is 0 Å². The van der Waals surface area contributed by atoms with Gasteiger partial charge >= 0.3 is 5.97 Å². The third-order valence-corrected chi connectivity index (χ3v) is 2.56. The molecule has 4 nitrogen and oxygen atoms in total. The minimum Gasteiger partial charge on any atom is -0.472 e. The first-order valence-corrected chi connectivity index (χ1v) is 4.55. The molecule has 4 atom stereocenters. The van der Waals surface area contributed by atoms with Gasteiger partial charge in [0.2, 0.25) is 0 Å². The Bertz CT molecular complexity index is 250. The van der Waals surface area contributed by atoms with Crippen molar-refractivity contribution in [1.29, 1.82) is 0 Å². The van der Waals surface area contributed by atoms with Crippen LogP contribution in [0.5, 0.6) is 0 Å². The molecule has 0 N–H and O–H groups in total. The summed E-state index contributed by atoms with van der Waals surface area (Å²) in [6.45, 7) is 5.42. The lowest BCUT2D eigenvalue weighted by Crippen LogP contribution is -2.34. The highest BCUT2D eigenvalue weighted by atomic mass is 16.7. The topological polar surface area (TPSA) is 44.8 Å². The van der Waals surface area contributed by atoms with Gasteiger partial charge in [0, 0.05) is 5.92 Å². The van der Waals surface area contributed by atoms with E-state index < -0.39 is 6.00 Å². The number of cyclic esters (lactones) is 1. The van der Waals surface area contributed by atoms with Crippen LogP contribution in [0, 0.1) is 5.92 Å². The van der Waals surface area contributed by atoms with Gasteiger partial charge in [0.15, 0.2) is 0 Å². The van der Waals surface area contributed by atoms with E-state index >= 15 is 0 Å². The molecule has 2 rings (SSSR count). The summed E-state index contributed by atoms with van der Waals surface area (Å²) in [5.41, 5.74) is 0. The number of hydrogen-bond donors (Lipinski definition) is 0. The van der Waals surface area contributed by atoms with Crippen LogP contribution in [-0.2, 0) is 19.0 Å². The van der Waals surface area contributed by atoms with Crippen molar-refractivity contribution in [2.75, 3.05) is 0 Å². The number of rotatable bonds is 1. The fourth-order valence-corrected chi connectivity index (χ4v) is 1.88. The van der Waals surface area contributed by atoms with Crippen molar-refractivity contribution in [2.45, 2.75) is 31.6 Å². The quantitative estimate of drug-likeness (QED) is 0.445. The van der Waals surface area contributed by atoms with E-state index in [2.05, 4.69) is 6.58 Å². The number of hydrogen-bond acceptors (Lipinski definition) is 4. The largest absolute Gasteiger partial charge is 0.472 e. The predicted molar refractivity (Wildman–Crippen MR) is 48.3 cm³/mol. The average molecular weight is 194 g/mol. The van der Waals surface area contributed by atoms with Crippen molar-refractivity contribution < 1.29 is 19.0 Å². The summed E-state index contributed by atoms with van der Waals surface area (Å²) in [5, 5.41) is 0. The third-order valence-electron chi connectivity index (χ3n) is 2.56. The van der Waals surface area contributed by atoms with Gasteiger partial charge in [-0.25, -0.2) is 0 Å². The van der Waals surface area contributed by atoms with E-state index in [1.807, 2.05) is 6.92 Å². The lowest BCUT2D eigenvalue weighted by molar-refractivity contribution is -0.139. The molecule has 2 aliphatic rings. The second-order valence-corrected chi connectivity index (χ2v) is 3.60. The fourth-order valence-electron chi connectivity index (χ4n) is 1.88. The van der Waals surface area contributed by atoms with Crippen molar-refractivity contribution in [2.24, 2.45) is 5.92 Å². The third kappa shape index (κ3) is 1.47. The molecule has 2 radical (unpaired) electrons. The molecule has 2 heterocycles. The van der Waals surface area contributed by atoms with Crippen LogP contribution in [0.4, 0.5) is 0 Å². The van der Waals surface area contributed by atoms with Gasteiger partial charge < -0.3 is 14.2 Å². The highest BCUT2D eigenvalue weighted by Gasteiger charge is 2.44. The molecule has 0 amide bonds. The van der Waals surface area contributed by atoms with Gasteiger partial charge in [0.1, 0.15) is 20.1 Å². The van der Waals surface area contributed by atoms with Gasteiger partial charge in [-0.2, -0.15) is 0 Å². The SMILES string of the molecule is [B]C1OC(=O)CC1C1OC(=C)OC1C. The molecule has 0 aromatic heterocycles. The van der Waals surface area contributed by atoms with Crippen LogP contribution in [0.15, 0.2) is 12.5 Å². The van der Waals surface area contributed by atoms with E-state index in [4.69, 9.17) is 22.1 Å². The standard InChI is InChI=1S/C9H11BO4/c1-4-8(13-5(2)12-4)6-3-7(11)14-9(6)10/h4,6,8-9H,2-3H2,1H3. The second kappa shape index (κ2) is 3.22. The monoisotopic (exact) mass is 194 g/mol. The lowest BCUT2D eigenvalue weighted by atomic mass is 9.81. The summed E-state index contributed by atoms with van der Waals surface area (Å²) in [5.74, 6) is -0.137. The molecular formula is C9H11BO4. The van der Waals surface area contributed by atoms with E-state index in [1.54, 1.807) is 0 Å².